The average molecular weight is 586 g/mol. The molecule has 7 nitrogen and oxygen atoms in total. The minimum atomic E-state index is -0.328. The van der Waals surface area contributed by atoms with Gasteiger partial charge in [0.25, 0.3) is 0 Å². The van der Waals surface area contributed by atoms with Crippen LogP contribution >= 0.6 is 11.3 Å². The summed E-state index contributed by atoms with van der Waals surface area (Å²) in [6, 6.07) is 16.4. The van der Waals surface area contributed by atoms with Crippen LogP contribution in [0.1, 0.15) is 80.5 Å². The van der Waals surface area contributed by atoms with E-state index in [1.54, 1.807) is 17.5 Å². The van der Waals surface area contributed by atoms with Gasteiger partial charge in [0.2, 0.25) is 5.91 Å². The maximum Gasteiger partial charge on any atom is 0.226 e. The van der Waals surface area contributed by atoms with Crippen molar-refractivity contribution in [2.75, 3.05) is 31.1 Å². The summed E-state index contributed by atoms with van der Waals surface area (Å²) in [4.78, 5) is 42.3. The van der Waals surface area contributed by atoms with E-state index in [9.17, 15) is 9.59 Å². The molecule has 0 N–H and O–H groups in total. The lowest BCUT2D eigenvalue weighted by molar-refractivity contribution is -0.136. The van der Waals surface area contributed by atoms with E-state index in [0.717, 1.165) is 55.0 Å². The molecule has 0 radical (unpaired) electrons. The molecule has 5 rings (SSSR count). The lowest BCUT2D eigenvalue weighted by Crippen LogP contribution is -2.51. The number of amides is 1. The maximum atomic E-state index is 13.7. The molecule has 0 spiro atoms. The molecule has 1 amide bonds. The fraction of sp³-hybridized carbons (Fsp3) is 0.471. The lowest BCUT2D eigenvalue weighted by Gasteiger charge is -2.37. The number of benzene rings is 1. The van der Waals surface area contributed by atoms with Gasteiger partial charge in [-0.05, 0) is 67.0 Å². The van der Waals surface area contributed by atoms with Crippen LogP contribution in [0.4, 0.5) is 5.82 Å². The van der Waals surface area contributed by atoms with Crippen molar-refractivity contribution in [3.63, 3.8) is 0 Å². The van der Waals surface area contributed by atoms with Gasteiger partial charge in [-0.1, -0.05) is 39.8 Å². The number of aromatic nitrogens is 3. The van der Waals surface area contributed by atoms with Crippen molar-refractivity contribution in [2.45, 2.75) is 65.8 Å². The number of anilines is 1. The number of imidazole rings is 1. The van der Waals surface area contributed by atoms with Gasteiger partial charge >= 0.3 is 0 Å². The summed E-state index contributed by atoms with van der Waals surface area (Å²) in [5.74, 6) is 2.09. The Bertz CT molecular complexity index is 1470. The van der Waals surface area contributed by atoms with Crippen molar-refractivity contribution in [1.82, 2.24) is 19.4 Å². The molecule has 42 heavy (non-hydrogen) atoms. The zero-order chi connectivity index (χ0) is 29.6. The Labute approximate surface area is 253 Å². The summed E-state index contributed by atoms with van der Waals surface area (Å²) in [7, 11) is 0. The summed E-state index contributed by atoms with van der Waals surface area (Å²) in [6.45, 7) is 11.5. The average Bonchev–Trinajstić information content (AvgIpc) is 3.65. The van der Waals surface area contributed by atoms with Gasteiger partial charge in [0.15, 0.2) is 5.78 Å². The minimum Gasteiger partial charge on any atom is -0.353 e. The molecule has 0 bridgehead atoms. The van der Waals surface area contributed by atoms with Crippen LogP contribution in [0.2, 0.25) is 0 Å². The maximum absolute atomic E-state index is 13.7. The van der Waals surface area contributed by atoms with Crippen LogP contribution < -0.4 is 4.90 Å². The Morgan fingerprint density at radius 2 is 1.76 bits per heavy atom. The zero-order valence-corrected chi connectivity index (χ0v) is 26.1. The number of rotatable bonds is 12. The Hall–Kier alpha value is -3.52. The van der Waals surface area contributed by atoms with Gasteiger partial charge < -0.3 is 14.4 Å². The van der Waals surface area contributed by atoms with Crippen LogP contribution in [0.15, 0.2) is 60.1 Å². The first-order chi connectivity index (χ1) is 20.4. The molecule has 1 aliphatic rings. The monoisotopic (exact) mass is 585 g/mol. The lowest BCUT2D eigenvalue weighted by atomic mass is 9.89. The summed E-state index contributed by atoms with van der Waals surface area (Å²) in [5.41, 5.74) is 2.57. The Kier molecular flexibility index (Phi) is 9.73. The van der Waals surface area contributed by atoms with E-state index in [4.69, 9.17) is 4.98 Å². The molecular weight excluding hydrogens is 542 g/mol. The van der Waals surface area contributed by atoms with Gasteiger partial charge in [0.1, 0.15) is 11.6 Å². The van der Waals surface area contributed by atoms with E-state index in [2.05, 4.69) is 65.7 Å². The molecule has 8 heteroatoms. The van der Waals surface area contributed by atoms with Crippen molar-refractivity contribution in [3.8, 4) is 0 Å². The van der Waals surface area contributed by atoms with Crippen LogP contribution in [0.25, 0.3) is 11.0 Å². The fourth-order valence-corrected chi connectivity index (χ4v) is 6.92. The molecule has 3 aromatic heterocycles. The van der Waals surface area contributed by atoms with Crippen LogP contribution in [0.5, 0.6) is 0 Å². The van der Waals surface area contributed by atoms with E-state index in [1.807, 2.05) is 35.2 Å². The first-order valence-corrected chi connectivity index (χ1v) is 16.3. The highest BCUT2D eigenvalue weighted by atomic mass is 32.1. The number of carbonyl (C=O) groups excluding carboxylic acids is 2. The highest BCUT2D eigenvalue weighted by Gasteiger charge is 2.30. The van der Waals surface area contributed by atoms with Crippen molar-refractivity contribution in [1.29, 1.82) is 0 Å². The number of carbonyl (C=O) groups is 2. The molecule has 4 aromatic rings. The SMILES string of the molecule is CCC(CC)n1c(Cc2cccs2)nc2cc(C(=O)C[C@@H](CC(C)C)C(=O)N3CCN(c4ccccn4)CC3)ccc21. The van der Waals surface area contributed by atoms with Crippen LogP contribution in [0.3, 0.4) is 0 Å². The van der Waals surface area contributed by atoms with Gasteiger partial charge in [-0.25, -0.2) is 9.97 Å². The van der Waals surface area contributed by atoms with Gasteiger partial charge in [-0.2, -0.15) is 0 Å². The van der Waals surface area contributed by atoms with E-state index in [0.29, 0.717) is 37.0 Å². The second-order valence-electron chi connectivity index (χ2n) is 11.8. The van der Waals surface area contributed by atoms with E-state index >= 15 is 0 Å². The van der Waals surface area contributed by atoms with Gasteiger partial charge in [0.05, 0.1) is 11.0 Å². The van der Waals surface area contributed by atoms with E-state index < -0.39 is 0 Å². The standard InChI is InChI=1S/C34H43N5O2S/c1-5-27(6-2)39-30-13-12-25(21-29(30)36-33(39)23-28-10-9-19-42-28)31(40)22-26(20-24(3)4)34(41)38-17-15-37(16-18-38)32-11-7-8-14-35-32/h7-14,19,21,24,26-27H,5-6,15-18,20,22-23H2,1-4H3/t26-/m1/s1. The number of fused-ring (bicyclic) bond motifs is 1. The summed E-state index contributed by atoms with van der Waals surface area (Å²) >= 11 is 1.75. The number of thiophene rings is 1. The van der Waals surface area contributed by atoms with E-state index in [1.165, 1.54) is 4.88 Å². The van der Waals surface area contributed by atoms with Gasteiger partial charge in [-0.15, -0.1) is 11.3 Å². The van der Waals surface area contributed by atoms with Crippen molar-refractivity contribution in [2.24, 2.45) is 11.8 Å². The fourth-order valence-electron chi connectivity index (χ4n) is 6.21. The van der Waals surface area contributed by atoms with Crippen molar-refractivity contribution < 1.29 is 9.59 Å². The number of hydrogen-bond acceptors (Lipinski definition) is 6. The smallest absolute Gasteiger partial charge is 0.226 e. The molecular formula is C34H43N5O2S. The number of ketones is 1. The highest BCUT2D eigenvalue weighted by Crippen LogP contribution is 2.30. The minimum absolute atomic E-state index is 0.0138. The molecule has 1 atom stereocenters. The Morgan fingerprint density at radius 1 is 0.976 bits per heavy atom. The quantitative estimate of drug-likeness (QED) is 0.167. The molecule has 0 aliphatic carbocycles. The summed E-state index contributed by atoms with van der Waals surface area (Å²) in [5, 5.41) is 2.10. The summed E-state index contributed by atoms with van der Waals surface area (Å²) < 4.78 is 2.37. The predicted molar refractivity (Wildman–Crippen MR) is 171 cm³/mol. The number of piperazine rings is 1. The zero-order valence-electron chi connectivity index (χ0n) is 25.3. The van der Waals surface area contributed by atoms with E-state index in [-0.39, 0.29) is 24.0 Å². The molecule has 1 aromatic carbocycles. The highest BCUT2D eigenvalue weighted by molar-refractivity contribution is 7.09. The largest absolute Gasteiger partial charge is 0.353 e. The molecule has 4 heterocycles. The van der Waals surface area contributed by atoms with Crippen LogP contribution in [-0.4, -0.2) is 57.3 Å². The first kappa shape index (κ1) is 30.0. The van der Waals surface area contributed by atoms with Gasteiger partial charge in [-0.3, -0.25) is 9.59 Å². The Morgan fingerprint density at radius 3 is 2.40 bits per heavy atom. The number of pyridine rings is 1. The molecule has 0 saturated carbocycles. The first-order valence-electron chi connectivity index (χ1n) is 15.4. The molecule has 1 fully saturated rings. The third kappa shape index (κ3) is 6.75. The second kappa shape index (κ2) is 13.6. The van der Waals surface area contributed by atoms with Crippen LogP contribution in [0, 0.1) is 11.8 Å². The van der Waals surface area contributed by atoms with Crippen LogP contribution in [-0.2, 0) is 11.2 Å². The predicted octanol–water partition coefficient (Wildman–Crippen LogP) is 7.03. The number of Topliss-reactive ketones (excluding diaryl/α,β-unsaturated/α-hetero) is 1. The molecule has 1 saturated heterocycles. The second-order valence-corrected chi connectivity index (χ2v) is 12.8. The van der Waals surface area contributed by atoms with Crippen molar-refractivity contribution >= 4 is 39.9 Å². The topological polar surface area (TPSA) is 71.3 Å². The number of nitrogens with zero attached hydrogens (tertiary/aromatic N) is 5. The third-order valence-electron chi connectivity index (χ3n) is 8.41. The molecule has 1 aliphatic heterocycles. The van der Waals surface area contributed by atoms with Crippen molar-refractivity contribution in [3.05, 3.63) is 76.4 Å². The number of hydrogen-bond donors (Lipinski definition) is 0. The summed E-state index contributed by atoms with van der Waals surface area (Å²) in [6.07, 6.45) is 5.55. The molecule has 222 valence electrons. The Balaban J connectivity index is 1.33. The van der Waals surface area contributed by atoms with Gasteiger partial charge in [0, 0.05) is 67.6 Å². The molecule has 0 unspecified atom stereocenters. The third-order valence-corrected chi connectivity index (χ3v) is 9.28. The normalized spacial score (nSPS) is 14.7.